The third-order valence-corrected chi connectivity index (χ3v) is 3.63. The summed E-state index contributed by atoms with van der Waals surface area (Å²) in [7, 11) is 3.77. The Bertz CT molecular complexity index is 314. The lowest BCUT2D eigenvalue weighted by molar-refractivity contribution is -0.142. The van der Waals surface area contributed by atoms with E-state index in [1.165, 1.54) is 4.90 Å². The zero-order chi connectivity index (χ0) is 14.4. The summed E-state index contributed by atoms with van der Waals surface area (Å²) in [6.45, 7) is 6.74. The Kier molecular flexibility index (Phi) is 6.24. The van der Waals surface area contributed by atoms with Gasteiger partial charge in [0.05, 0.1) is 5.92 Å². The Balaban J connectivity index is 2.25. The molecule has 0 aromatic carbocycles. The molecule has 1 fully saturated rings. The normalized spacial score (nSPS) is 19.1. The molecule has 0 aromatic heterocycles. The first kappa shape index (κ1) is 15.9. The second-order valence-corrected chi connectivity index (χ2v) is 5.41. The van der Waals surface area contributed by atoms with E-state index < -0.39 is 11.9 Å². The number of hydrogen-bond donors (Lipinski definition) is 1. The van der Waals surface area contributed by atoms with Crippen molar-refractivity contribution in [2.24, 2.45) is 5.92 Å². The highest BCUT2D eigenvalue weighted by molar-refractivity contribution is 5.77. The maximum Gasteiger partial charge on any atom is 0.308 e. The van der Waals surface area contributed by atoms with Crippen molar-refractivity contribution in [2.75, 3.05) is 53.4 Å². The van der Waals surface area contributed by atoms with Gasteiger partial charge < -0.3 is 19.8 Å². The van der Waals surface area contributed by atoms with Crippen LogP contribution in [0.5, 0.6) is 0 Å². The number of aliphatic carboxylic acids is 1. The molecule has 0 saturated carbocycles. The molecule has 1 amide bonds. The third-order valence-electron chi connectivity index (χ3n) is 3.63. The smallest absolute Gasteiger partial charge is 0.308 e. The monoisotopic (exact) mass is 271 g/mol. The Morgan fingerprint density at radius 3 is 2.37 bits per heavy atom. The Morgan fingerprint density at radius 2 is 1.84 bits per heavy atom. The van der Waals surface area contributed by atoms with E-state index in [0.29, 0.717) is 6.42 Å². The Hall–Kier alpha value is -1.14. The first-order valence-corrected chi connectivity index (χ1v) is 6.78. The average Bonchev–Trinajstić information content (AvgIpc) is 2.37. The van der Waals surface area contributed by atoms with Crippen molar-refractivity contribution in [3.63, 3.8) is 0 Å². The molecule has 0 spiro atoms. The molecule has 1 rings (SSSR count). The molecule has 1 aliphatic heterocycles. The van der Waals surface area contributed by atoms with Crippen LogP contribution in [-0.4, -0.2) is 85.0 Å². The number of hydrogen-bond acceptors (Lipinski definition) is 4. The topological polar surface area (TPSA) is 64.1 Å². The van der Waals surface area contributed by atoms with E-state index in [-0.39, 0.29) is 12.5 Å². The van der Waals surface area contributed by atoms with Crippen molar-refractivity contribution in [1.29, 1.82) is 0 Å². The van der Waals surface area contributed by atoms with E-state index in [2.05, 4.69) is 16.8 Å². The molecule has 6 heteroatoms. The fourth-order valence-electron chi connectivity index (χ4n) is 2.11. The minimum Gasteiger partial charge on any atom is -0.481 e. The van der Waals surface area contributed by atoms with Crippen molar-refractivity contribution < 1.29 is 14.7 Å². The highest BCUT2D eigenvalue weighted by Crippen LogP contribution is 2.04. The summed E-state index contributed by atoms with van der Waals surface area (Å²) in [5.41, 5.74) is 0. The van der Waals surface area contributed by atoms with Crippen molar-refractivity contribution in [3.8, 4) is 0 Å². The number of carbonyl (C=O) groups is 2. The summed E-state index contributed by atoms with van der Waals surface area (Å²) in [5, 5.41) is 8.82. The van der Waals surface area contributed by atoms with Gasteiger partial charge in [-0.25, -0.2) is 0 Å². The zero-order valence-corrected chi connectivity index (χ0v) is 12.1. The highest BCUT2D eigenvalue weighted by Gasteiger charge is 2.19. The van der Waals surface area contributed by atoms with Gasteiger partial charge in [-0.1, -0.05) is 6.92 Å². The number of amides is 1. The molecule has 1 N–H and O–H groups in total. The predicted octanol–water partition coefficient (Wildman–Crippen LogP) is -0.197. The van der Waals surface area contributed by atoms with Gasteiger partial charge >= 0.3 is 5.97 Å². The molecule has 1 atom stereocenters. The Morgan fingerprint density at radius 1 is 1.26 bits per heavy atom. The molecule has 0 aliphatic carbocycles. The van der Waals surface area contributed by atoms with E-state index in [4.69, 9.17) is 5.11 Å². The summed E-state index contributed by atoms with van der Waals surface area (Å²) in [6, 6.07) is 0. The summed E-state index contributed by atoms with van der Waals surface area (Å²) in [4.78, 5) is 28.7. The van der Waals surface area contributed by atoms with Crippen LogP contribution in [-0.2, 0) is 9.59 Å². The van der Waals surface area contributed by atoms with Crippen molar-refractivity contribution in [2.45, 2.75) is 13.3 Å². The first-order valence-electron chi connectivity index (χ1n) is 6.78. The summed E-state index contributed by atoms with van der Waals surface area (Å²) in [6.07, 6.45) is 0.465. The minimum atomic E-state index is -0.862. The molecule has 1 aliphatic rings. The van der Waals surface area contributed by atoms with Crippen LogP contribution in [0, 0.1) is 5.92 Å². The minimum absolute atomic E-state index is 0.0204. The molecule has 0 bridgehead atoms. The summed E-state index contributed by atoms with van der Waals surface area (Å²) < 4.78 is 0. The van der Waals surface area contributed by atoms with Gasteiger partial charge in [-0.2, -0.15) is 0 Å². The largest absolute Gasteiger partial charge is 0.481 e. The highest BCUT2D eigenvalue weighted by atomic mass is 16.4. The molecular formula is C13H25N3O3. The van der Waals surface area contributed by atoms with Gasteiger partial charge in [0.2, 0.25) is 5.91 Å². The average molecular weight is 271 g/mol. The van der Waals surface area contributed by atoms with Crippen molar-refractivity contribution >= 4 is 11.9 Å². The standard InChI is InChI=1S/C13H25N3O3/c1-11(13(18)19)10-15(3)12(17)4-5-16-8-6-14(2)7-9-16/h11H,4-10H2,1-3H3,(H,18,19). The number of carboxylic acid groups (broad SMARTS) is 1. The van der Waals surface area contributed by atoms with E-state index in [1.807, 2.05) is 0 Å². The molecule has 19 heavy (non-hydrogen) atoms. The van der Waals surface area contributed by atoms with E-state index in [1.54, 1.807) is 14.0 Å². The number of carboxylic acids is 1. The van der Waals surface area contributed by atoms with Crippen molar-refractivity contribution in [3.05, 3.63) is 0 Å². The van der Waals surface area contributed by atoms with Crippen molar-refractivity contribution in [1.82, 2.24) is 14.7 Å². The van der Waals surface area contributed by atoms with Crippen LogP contribution < -0.4 is 0 Å². The molecular weight excluding hydrogens is 246 g/mol. The van der Waals surface area contributed by atoms with Gasteiger partial charge in [-0.3, -0.25) is 9.59 Å². The van der Waals surface area contributed by atoms with Crippen LogP contribution in [0.15, 0.2) is 0 Å². The second kappa shape index (κ2) is 7.45. The van der Waals surface area contributed by atoms with Crippen LogP contribution in [0.1, 0.15) is 13.3 Å². The van der Waals surface area contributed by atoms with E-state index >= 15 is 0 Å². The van der Waals surface area contributed by atoms with Crippen LogP contribution in [0.2, 0.25) is 0 Å². The van der Waals surface area contributed by atoms with Crippen LogP contribution in [0.25, 0.3) is 0 Å². The summed E-state index contributed by atoms with van der Waals surface area (Å²) >= 11 is 0. The molecule has 110 valence electrons. The van der Waals surface area contributed by atoms with Crippen LogP contribution in [0.4, 0.5) is 0 Å². The predicted molar refractivity (Wildman–Crippen MR) is 73.0 cm³/mol. The van der Waals surface area contributed by atoms with Crippen LogP contribution in [0.3, 0.4) is 0 Å². The molecule has 0 aromatic rings. The number of piperazine rings is 1. The third kappa shape index (κ3) is 5.57. The zero-order valence-electron chi connectivity index (χ0n) is 12.1. The molecule has 1 saturated heterocycles. The second-order valence-electron chi connectivity index (χ2n) is 5.41. The van der Waals surface area contributed by atoms with Gasteiger partial charge in [0.1, 0.15) is 0 Å². The maximum absolute atomic E-state index is 11.9. The van der Waals surface area contributed by atoms with Gasteiger partial charge in [0.25, 0.3) is 0 Å². The fraction of sp³-hybridized carbons (Fsp3) is 0.846. The van der Waals surface area contributed by atoms with E-state index in [9.17, 15) is 9.59 Å². The molecule has 0 radical (unpaired) electrons. The van der Waals surface area contributed by atoms with Crippen LogP contribution >= 0.6 is 0 Å². The van der Waals surface area contributed by atoms with Gasteiger partial charge in [-0.15, -0.1) is 0 Å². The lowest BCUT2D eigenvalue weighted by atomic mass is 10.1. The first-order chi connectivity index (χ1) is 8.90. The number of rotatable bonds is 6. The molecule has 1 heterocycles. The SMILES string of the molecule is CC(CN(C)C(=O)CCN1CCN(C)CC1)C(=O)O. The lowest BCUT2D eigenvalue weighted by Gasteiger charge is -2.32. The van der Waals surface area contributed by atoms with Gasteiger partial charge in [0.15, 0.2) is 0 Å². The quantitative estimate of drug-likeness (QED) is 0.725. The number of carbonyl (C=O) groups excluding carboxylic acids is 1. The Labute approximate surface area is 115 Å². The lowest BCUT2D eigenvalue weighted by Crippen LogP contribution is -2.45. The van der Waals surface area contributed by atoms with Gasteiger partial charge in [-0.05, 0) is 7.05 Å². The van der Waals surface area contributed by atoms with E-state index in [0.717, 1.165) is 32.7 Å². The fourth-order valence-corrected chi connectivity index (χ4v) is 2.11. The molecule has 1 unspecified atom stereocenters. The number of likely N-dealkylation sites (N-methyl/N-ethyl adjacent to an activating group) is 1. The molecule has 6 nitrogen and oxygen atoms in total. The summed E-state index contributed by atoms with van der Waals surface area (Å²) in [5.74, 6) is -1.36. The maximum atomic E-state index is 11.9. The van der Waals surface area contributed by atoms with Gasteiger partial charge in [0, 0.05) is 52.7 Å². The number of nitrogens with zero attached hydrogens (tertiary/aromatic N) is 3.